The molecule has 0 aromatic heterocycles. The number of nitrogens with zero attached hydrogens (tertiary/aromatic N) is 1. The molecule has 0 unspecified atom stereocenters. The molecule has 0 aliphatic carbocycles. The lowest BCUT2D eigenvalue weighted by Gasteiger charge is -2.32. The molecule has 0 spiro atoms. The van der Waals surface area contributed by atoms with Gasteiger partial charge in [0.25, 0.3) is 5.91 Å². The van der Waals surface area contributed by atoms with Gasteiger partial charge in [-0.1, -0.05) is 19.1 Å². The first-order chi connectivity index (χ1) is 10.1. The third kappa shape index (κ3) is 4.31. The van der Waals surface area contributed by atoms with Gasteiger partial charge in [-0.05, 0) is 49.3 Å². The molecule has 4 nitrogen and oxygen atoms in total. The van der Waals surface area contributed by atoms with Crippen molar-refractivity contribution in [2.24, 2.45) is 5.92 Å². The minimum Gasteiger partial charge on any atom is -0.481 e. The second kappa shape index (κ2) is 7.25. The number of carboxylic acid groups (broad SMARTS) is 1. The van der Waals surface area contributed by atoms with E-state index in [0.29, 0.717) is 5.92 Å². The average Bonchev–Trinajstić information content (AvgIpc) is 2.53. The van der Waals surface area contributed by atoms with Gasteiger partial charge in [0.05, 0.1) is 0 Å². The molecule has 0 bridgehead atoms. The molecule has 1 aliphatic heterocycles. The number of carbonyl (C=O) groups is 2. The van der Waals surface area contributed by atoms with Crippen molar-refractivity contribution in [1.82, 2.24) is 4.90 Å². The van der Waals surface area contributed by atoms with Crippen LogP contribution >= 0.6 is 0 Å². The number of aliphatic carboxylic acids is 1. The number of likely N-dealkylation sites (tertiary alicyclic amines) is 1. The topological polar surface area (TPSA) is 57.6 Å². The van der Waals surface area contributed by atoms with E-state index in [4.69, 9.17) is 5.11 Å². The Kier molecular flexibility index (Phi) is 5.37. The molecular formula is C17H23NO3. The van der Waals surface area contributed by atoms with E-state index in [1.807, 2.05) is 29.2 Å². The van der Waals surface area contributed by atoms with Crippen LogP contribution in [0.4, 0.5) is 0 Å². The number of amides is 1. The molecule has 4 heteroatoms. The summed E-state index contributed by atoms with van der Waals surface area (Å²) in [6, 6.07) is 7.81. The first kappa shape index (κ1) is 15.5. The van der Waals surface area contributed by atoms with Gasteiger partial charge < -0.3 is 10.0 Å². The van der Waals surface area contributed by atoms with Crippen LogP contribution in [0.1, 0.15) is 48.5 Å². The Bertz CT molecular complexity index is 487. The van der Waals surface area contributed by atoms with Crippen LogP contribution in [0.2, 0.25) is 0 Å². The maximum absolute atomic E-state index is 12.4. The Balaban J connectivity index is 1.86. The zero-order valence-corrected chi connectivity index (χ0v) is 12.5. The summed E-state index contributed by atoms with van der Waals surface area (Å²) in [4.78, 5) is 24.9. The monoisotopic (exact) mass is 289 g/mol. The predicted octanol–water partition coefficient (Wildman–Crippen LogP) is 2.97. The van der Waals surface area contributed by atoms with Crippen LogP contribution < -0.4 is 0 Å². The van der Waals surface area contributed by atoms with Crippen molar-refractivity contribution in [3.63, 3.8) is 0 Å². The van der Waals surface area contributed by atoms with E-state index in [9.17, 15) is 9.59 Å². The highest BCUT2D eigenvalue weighted by Gasteiger charge is 2.23. The Morgan fingerprint density at radius 1 is 1.19 bits per heavy atom. The van der Waals surface area contributed by atoms with Crippen molar-refractivity contribution >= 4 is 11.9 Å². The van der Waals surface area contributed by atoms with Gasteiger partial charge in [-0.15, -0.1) is 0 Å². The second-order valence-corrected chi connectivity index (χ2v) is 5.72. The molecular weight excluding hydrogens is 266 g/mol. The van der Waals surface area contributed by atoms with Gasteiger partial charge in [0.2, 0.25) is 0 Å². The smallest absolute Gasteiger partial charge is 0.303 e. The Morgan fingerprint density at radius 3 is 2.33 bits per heavy atom. The Morgan fingerprint density at radius 2 is 1.81 bits per heavy atom. The van der Waals surface area contributed by atoms with Gasteiger partial charge >= 0.3 is 5.97 Å². The highest BCUT2D eigenvalue weighted by atomic mass is 16.4. The summed E-state index contributed by atoms with van der Waals surface area (Å²) in [5.41, 5.74) is 1.98. The lowest BCUT2D eigenvalue weighted by molar-refractivity contribution is -0.137. The van der Waals surface area contributed by atoms with E-state index in [1.165, 1.54) is 5.56 Å². The first-order valence-corrected chi connectivity index (χ1v) is 7.70. The van der Waals surface area contributed by atoms with Crippen LogP contribution in [0.3, 0.4) is 0 Å². The fourth-order valence-corrected chi connectivity index (χ4v) is 2.82. The number of hydrogen-bond donors (Lipinski definition) is 1. The molecule has 0 radical (unpaired) electrons. The van der Waals surface area contributed by atoms with Crippen molar-refractivity contribution in [3.05, 3.63) is 35.4 Å². The predicted molar refractivity (Wildman–Crippen MR) is 81.3 cm³/mol. The molecule has 114 valence electrons. The van der Waals surface area contributed by atoms with Crippen LogP contribution in [-0.4, -0.2) is 35.0 Å². The SMILES string of the molecule is CCc1ccc(C(=O)N2CCC(CCC(=O)O)CC2)cc1. The molecule has 1 amide bonds. The summed E-state index contributed by atoms with van der Waals surface area (Å²) >= 11 is 0. The van der Waals surface area contributed by atoms with Crippen molar-refractivity contribution in [2.45, 2.75) is 39.0 Å². The summed E-state index contributed by atoms with van der Waals surface area (Å²) in [6.45, 7) is 3.57. The third-order valence-electron chi connectivity index (χ3n) is 4.28. The van der Waals surface area contributed by atoms with Crippen molar-refractivity contribution in [1.29, 1.82) is 0 Å². The van der Waals surface area contributed by atoms with Crippen LogP contribution in [0.15, 0.2) is 24.3 Å². The number of benzene rings is 1. The molecule has 1 saturated heterocycles. The molecule has 21 heavy (non-hydrogen) atoms. The van der Waals surface area contributed by atoms with Gasteiger partial charge in [0, 0.05) is 25.1 Å². The summed E-state index contributed by atoms with van der Waals surface area (Å²) in [5.74, 6) is -0.202. The summed E-state index contributed by atoms with van der Waals surface area (Å²) < 4.78 is 0. The fraction of sp³-hybridized carbons (Fsp3) is 0.529. The van der Waals surface area contributed by atoms with E-state index in [0.717, 1.165) is 44.3 Å². The van der Waals surface area contributed by atoms with E-state index >= 15 is 0 Å². The van der Waals surface area contributed by atoms with Crippen molar-refractivity contribution < 1.29 is 14.7 Å². The summed E-state index contributed by atoms with van der Waals surface area (Å²) in [6.07, 6.45) is 3.75. The highest BCUT2D eigenvalue weighted by molar-refractivity contribution is 5.94. The van der Waals surface area contributed by atoms with E-state index in [2.05, 4.69) is 6.92 Å². The Labute approximate surface area is 125 Å². The largest absolute Gasteiger partial charge is 0.481 e. The number of hydrogen-bond acceptors (Lipinski definition) is 2. The molecule has 2 rings (SSSR count). The lowest BCUT2D eigenvalue weighted by atomic mass is 9.92. The van der Waals surface area contributed by atoms with Crippen LogP contribution in [0, 0.1) is 5.92 Å². The molecule has 1 N–H and O–H groups in total. The van der Waals surface area contributed by atoms with Gasteiger partial charge in [-0.25, -0.2) is 0 Å². The highest BCUT2D eigenvalue weighted by Crippen LogP contribution is 2.23. The van der Waals surface area contributed by atoms with Gasteiger partial charge in [-0.3, -0.25) is 9.59 Å². The van der Waals surface area contributed by atoms with Crippen LogP contribution in [-0.2, 0) is 11.2 Å². The number of piperidine rings is 1. The van der Waals surface area contributed by atoms with E-state index < -0.39 is 5.97 Å². The number of carbonyl (C=O) groups excluding carboxylic acids is 1. The number of aryl methyl sites for hydroxylation is 1. The quantitative estimate of drug-likeness (QED) is 0.906. The van der Waals surface area contributed by atoms with Crippen LogP contribution in [0.25, 0.3) is 0 Å². The minimum atomic E-state index is -0.732. The van der Waals surface area contributed by atoms with Crippen LogP contribution in [0.5, 0.6) is 0 Å². The summed E-state index contributed by atoms with van der Waals surface area (Å²) in [7, 11) is 0. The zero-order chi connectivity index (χ0) is 15.2. The standard InChI is InChI=1S/C17H23NO3/c1-2-13-3-6-15(7-4-13)17(21)18-11-9-14(10-12-18)5-8-16(19)20/h3-4,6-7,14H,2,5,8-12H2,1H3,(H,19,20). The molecule has 1 aromatic rings. The van der Waals surface area contributed by atoms with Gasteiger partial charge in [0.15, 0.2) is 0 Å². The second-order valence-electron chi connectivity index (χ2n) is 5.72. The zero-order valence-electron chi connectivity index (χ0n) is 12.5. The molecule has 1 heterocycles. The normalized spacial score (nSPS) is 16.0. The third-order valence-corrected chi connectivity index (χ3v) is 4.28. The molecule has 1 aliphatic rings. The molecule has 0 atom stereocenters. The Hall–Kier alpha value is -1.84. The van der Waals surface area contributed by atoms with Gasteiger partial charge in [-0.2, -0.15) is 0 Å². The molecule has 1 fully saturated rings. The van der Waals surface area contributed by atoms with E-state index in [-0.39, 0.29) is 12.3 Å². The van der Waals surface area contributed by atoms with Gasteiger partial charge in [0.1, 0.15) is 0 Å². The first-order valence-electron chi connectivity index (χ1n) is 7.70. The maximum Gasteiger partial charge on any atom is 0.303 e. The fourth-order valence-electron chi connectivity index (χ4n) is 2.82. The van der Waals surface area contributed by atoms with E-state index in [1.54, 1.807) is 0 Å². The maximum atomic E-state index is 12.4. The van der Waals surface area contributed by atoms with Crippen molar-refractivity contribution in [2.75, 3.05) is 13.1 Å². The number of carboxylic acids is 1. The molecule has 1 aromatic carbocycles. The number of rotatable bonds is 5. The molecule has 0 saturated carbocycles. The average molecular weight is 289 g/mol. The summed E-state index contributed by atoms with van der Waals surface area (Å²) in [5, 5.41) is 8.71. The van der Waals surface area contributed by atoms with Crippen molar-refractivity contribution in [3.8, 4) is 0 Å². The minimum absolute atomic E-state index is 0.0920. The lowest BCUT2D eigenvalue weighted by Crippen LogP contribution is -2.38.